The third kappa shape index (κ3) is 3.81. The minimum absolute atomic E-state index is 0.137. The zero-order chi connectivity index (χ0) is 20.6. The third-order valence-corrected chi connectivity index (χ3v) is 7.58. The average molecular weight is 420 g/mol. The van der Waals surface area contributed by atoms with Gasteiger partial charge in [0.2, 0.25) is 0 Å². The van der Waals surface area contributed by atoms with Crippen LogP contribution >= 0.6 is 0 Å². The highest BCUT2D eigenvalue weighted by Gasteiger charge is 2.38. The monoisotopic (exact) mass is 420 g/mol. The molecule has 4 nitrogen and oxygen atoms in total. The van der Waals surface area contributed by atoms with Crippen LogP contribution < -0.4 is 4.90 Å². The van der Waals surface area contributed by atoms with E-state index in [1.54, 1.807) is 18.2 Å². The van der Waals surface area contributed by atoms with Gasteiger partial charge in [0.25, 0.3) is 0 Å². The fourth-order valence-corrected chi connectivity index (χ4v) is 5.55. The molecule has 0 N–H and O–H groups in total. The van der Waals surface area contributed by atoms with E-state index in [1.807, 2.05) is 24.3 Å². The number of fused-ring (bicyclic) bond motifs is 1. The van der Waals surface area contributed by atoms with Crippen molar-refractivity contribution >= 4 is 26.4 Å². The summed E-state index contributed by atoms with van der Waals surface area (Å²) in [6, 6.07) is 14.8. The zero-order valence-corrected chi connectivity index (χ0v) is 16.2. The van der Waals surface area contributed by atoms with Crippen molar-refractivity contribution in [2.45, 2.75) is 29.2 Å². The number of benzene rings is 2. The van der Waals surface area contributed by atoms with Gasteiger partial charge in [0.15, 0.2) is 9.84 Å². The number of sulfone groups is 1. The van der Waals surface area contributed by atoms with Crippen LogP contribution in [0.1, 0.15) is 18.4 Å². The SMILES string of the molecule is O=S(=O)(c1ccc2ccccc2c1)C1CCN(c2ncccc2C(F)(F)F)CC1. The second-order valence-electron chi connectivity index (χ2n) is 7.11. The summed E-state index contributed by atoms with van der Waals surface area (Å²) in [7, 11) is -3.57. The van der Waals surface area contributed by atoms with Crippen molar-refractivity contribution in [1.82, 2.24) is 4.98 Å². The van der Waals surface area contributed by atoms with Crippen LogP contribution in [0.2, 0.25) is 0 Å². The number of hydrogen-bond acceptors (Lipinski definition) is 4. The van der Waals surface area contributed by atoms with Gasteiger partial charge in [0.1, 0.15) is 5.82 Å². The van der Waals surface area contributed by atoms with E-state index in [4.69, 9.17) is 0 Å². The molecule has 29 heavy (non-hydrogen) atoms. The topological polar surface area (TPSA) is 50.3 Å². The first-order chi connectivity index (χ1) is 13.8. The standard InChI is InChI=1S/C21H19F3N2O2S/c22-21(23,24)19-6-3-11-25-20(19)26-12-9-17(10-13-26)29(27,28)18-8-7-15-4-1-2-5-16(15)14-18/h1-8,11,14,17H,9-10,12-13H2. The summed E-state index contributed by atoms with van der Waals surface area (Å²) in [4.78, 5) is 5.68. The molecule has 4 rings (SSSR count). The fraction of sp³-hybridized carbons (Fsp3) is 0.286. The first-order valence-electron chi connectivity index (χ1n) is 9.27. The van der Waals surface area contributed by atoms with Crippen LogP contribution in [0.25, 0.3) is 10.8 Å². The number of halogens is 3. The van der Waals surface area contributed by atoms with Crippen LogP contribution in [0, 0.1) is 0 Å². The maximum Gasteiger partial charge on any atom is 0.419 e. The van der Waals surface area contributed by atoms with Gasteiger partial charge in [-0.05, 0) is 47.9 Å². The van der Waals surface area contributed by atoms with Gasteiger partial charge < -0.3 is 4.90 Å². The Morgan fingerprint density at radius 1 is 0.931 bits per heavy atom. The van der Waals surface area contributed by atoms with Gasteiger partial charge in [0.05, 0.1) is 15.7 Å². The highest BCUT2D eigenvalue weighted by molar-refractivity contribution is 7.92. The number of nitrogens with zero attached hydrogens (tertiary/aromatic N) is 2. The summed E-state index contributed by atoms with van der Waals surface area (Å²) < 4.78 is 65.9. The maximum atomic E-state index is 13.3. The van der Waals surface area contributed by atoms with E-state index in [0.717, 1.165) is 16.8 Å². The molecular formula is C21H19F3N2O2S. The second-order valence-corrected chi connectivity index (χ2v) is 9.34. The Hall–Kier alpha value is -2.61. The highest BCUT2D eigenvalue weighted by atomic mass is 32.2. The highest BCUT2D eigenvalue weighted by Crippen LogP contribution is 2.37. The molecule has 1 saturated heterocycles. The minimum Gasteiger partial charge on any atom is -0.356 e. The molecule has 1 fully saturated rings. The molecule has 8 heteroatoms. The number of anilines is 1. The van der Waals surface area contributed by atoms with Crippen molar-refractivity contribution < 1.29 is 21.6 Å². The van der Waals surface area contributed by atoms with Gasteiger partial charge >= 0.3 is 6.18 Å². The van der Waals surface area contributed by atoms with Gasteiger partial charge in [0, 0.05) is 19.3 Å². The van der Waals surface area contributed by atoms with Crippen molar-refractivity contribution in [3.63, 3.8) is 0 Å². The normalized spacial score (nSPS) is 16.3. The van der Waals surface area contributed by atoms with Crippen molar-refractivity contribution in [3.8, 4) is 0 Å². The van der Waals surface area contributed by atoms with E-state index in [-0.39, 0.29) is 36.6 Å². The largest absolute Gasteiger partial charge is 0.419 e. The summed E-state index contributed by atoms with van der Waals surface area (Å²) >= 11 is 0. The Labute approximate surface area is 166 Å². The number of aromatic nitrogens is 1. The molecule has 0 atom stereocenters. The number of alkyl halides is 3. The summed E-state index contributed by atoms with van der Waals surface area (Å²) in [6.07, 6.45) is -2.67. The van der Waals surface area contributed by atoms with E-state index in [1.165, 1.54) is 17.2 Å². The molecule has 0 spiro atoms. The molecule has 1 aromatic heterocycles. The Kier molecular flexibility index (Phi) is 4.98. The predicted octanol–water partition coefficient (Wildman–Crippen LogP) is 4.70. The van der Waals surface area contributed by atoms with Gasteiger partial charge in [-0.1, -0.05) is 30.3 Å². The summed E-state index contributed by atoms with van der Waals surface area (Å²) in [6.45, 7) is 0.412. The first-order valence-corrected chi connectivity index (χ1v) is 10.8. The molecule has 0 amide bonds. The molecular weight excluding hydrogens is 401 g/mol. The predicted molar refractivity (Wildman–Crippen MR) is 106 cm³/mol. The van der Waals surface area contributed by atoms with Crippen LogP contribution in [0.15, 0.2) is 65.7 Å². The molecule has 0 unspecified atom stereocenters. The van der Waals surface area contributed by atoms with Crippen molar-refractivity contribution in [2.24, 2.45) is 0 Å². The van der Waals surface area contributed by atoms with Crippen LogP contribution in [-0.2, 0) is 16.0 Å². The van der Waals surface area contributed by atoms with Gasteiger partial charge in [-0.3, -0.25) is 0 Å². The molecule has 0 aliphatic carbocycles. The summed E-state index contributed by atoms with van der Waals surface area (Å²) in [5.74, 6) is -0.137. The van der Waals surface area contributed by atoms with Crippen molar-refractivity contribution in [2.75, 3.05) is 18.0 Å². The number of hydrogen-bond donors (Lipinski definition) is 0. The fourth-order valence-electron chi connectivity index (χ4n) is 3.78. The molecule has 2 aromatic carbocycles. The van der Waals surface area contributed by atoms with E-state index >= 15 is 0 Å². The van der Waals surface area contributed by atoms with Crippen LogP contribution in [0.4, 0.5) is 19.0 Å². The van der Waals surface area contributed by atoms with E-state index < -0.39 is 26.8 Å². The molecule has 0 saturated carbocycles. The second kappa shape index (κ2) is 7.33. The summed E-state index contributed by atoms with van der Waals surface area (Å²) in [5, 5.41) is 1.17. The lowest BCUT2D eigenvalue weighted by atomic mass is 10.1. The molecule has 0 bridgehead atoms. The first kappa shape index (κ1) is 19.7. The zero-order valence-electron chi connectivity index (χ0n) is 15.4. The van der Waals surface area contributed by atoms with Gasteiger partial charge in [-0.15, -0.1) is 0 Å². The Balaban J connectivity index is 1.55. The Morgan fingerprint density at radius 2 is 1.62 bits per heavy atom. The third-order valence-electron chi connectivity index (χ3n) is 5.32. The smallest absolute Gasteiger partial charge is 0.356 e. The summed E-state index contributed by atoms with van der Waals surface area (Å²) in [5.41, 5.74) is -0.796. The van der Waals surface area contributed by atoms with Crippen LogP contribution in [0.5, 0.6) is 0 Å². The van der Waals surface area contributed by atoms with Crippen LogP contribution in [0.3, 0.4) is 0 Å². The number of rotatable bonds is 3. The van der Waals surface area contributed by atoms with Crippen LogP contribution in [-0.4, -0.2) is 31.7 Å². The lowest BCUT2D eigenvalue weighted by Crippen LogP contribution is -2.40. The van der Waals surface area contributed by atoms with Gasteiger partial charge in [-0.2, -0.15) is 13.2 Å². The molecule has 2 heterocycles. The molecule has 3 aromatic rings. The van der Waals surface area contributed by atoms with E-state index in [9.17, 15) is 21.6 Å². The van der Waals surface area contributed by atoms with E-state index in [0.29, 0.717) is 0 Å². The van der Waals surface area contributed by atoms with Crippen molar-refractivity contribution in [1.29, 1.82) is 0 Å². The van der Waals surface area contributed by atoms with E-state index in [2.05, 4.69) is 4.98 Å². The van der Waals surface area contributed by atoms with Gasteiger partial charge in [-0.25, -0.2) is 13.4 Å². The minimum atomic E-state index is -4.50. The molecule has 0 radical (unpaired) electrons. The Bertz CT molecular complexity index is 1140. The number of piperidine rings is 1. The molecule has 1 aliphatic rings. The maximum absolute atomic E-state index is 13.3. The van der Waals surface area contributed by atoms with Crippen molar-refractivity contribution in [3.05, 3.63) is 66.4 Å². The molecule has 152 valence electrons. The quantitative estimate of drug-likeness (QED) is 0.617. The lowest BCUT2D eigenvalue weighted by Gasteiger charge is -2.33. The average Bonchev–Trinajstić information content (AvgIpc) is 2.73. The Morgan fingerprint density at radius 3 is 2.31 bits per heavy atom. The molecule has 1 aliphatic heterocycles. The number of pyridine rings is 1. The lowest BCUT2D eigenvalue weighted by molar-refractivity contribution is -0.137.